The van der Waals surface area contributed by atoms with E-state index in [2.05, 4.69) is 4.98 Å². The van der Waals surface area contributed by atoms with Gasteiger partial charge in [0.05, 0.1) is 17.9 Å². The third-order valence-electron chi connectivity index (χ3n) is 2.24. The van der Waals surface area contributed by atoms with Crippen molar-refractivity contribution in [1.29, 1.82) is 0 Å². The van der Waals surface area contributed by atoms with E-state index < -0.39 is 5.60 Å². The monoisotopic (exact) mass is 165 g/mol. The summed E-state index contributed by atoms with van der Waals surface area (Å²) in [5.41, 5.74) is 0.877. The highest BCUT2D eigenvalue weighted by molar-refractivity contribution is 5.27. The Bertz CT molecular complexity index is 294. The summed E-state index contributed by atoms with van der Waals surface area (Å²) in [5.74, 6) is 0. The molecule has 0 spiro atoms. The first-order valence-electron chi connectivity index (χ1n) is 4.03. The van der Waals surface area contributed by atoms with E-state index in [1.807, 2.05) is 0 Å². The second-order valence-corrected chi connectivity index (χ2v) is 3.23. The van der Waals surface area contributed by atoms with Crippen LogP contribution in [0.5, 0.6) is 0 Å². The summed E-state index contributed by atoms with van der Waals surface area (Å²) in [5, 5.41) is 18.5. The van der Waals surface area contributed by atoms with Gasteiger partial charge in [-0.05, 0) is 30.5 Å². The summed E-state index contributed by atoms with van der Waals surface area (Å²) in [6, 6.07) is 3.55. The molecule has 2 rings (SSSR count). The zero-order valence-corrected chi connectivity index (χ0v) is 6.70. The molecule has 0 radical (unpaired) electrons. The lowest BCUT2D eigenvalue weighted by atomic mass is 10.1. The molecule has 0 atom stereocenters. The summed E-state index contributed by atoms with van der Waals surface area (Å²) in [4.78, 5) is 3.94. The molecule has 12 heavy (non-hydrogen) atoms. The number of aliphatic hydroxyl groups excluding tert-OH is 1. The van der Waals surface area contributed by atoms with Crippen LogP contribution in [0.1, 0.15) is 24.1 Å². The SMILES string of the molecule is OCc1cc(C2(O)CC2)ccn1. The van der Waals surface area contributed by atoms with E-state index in [9.17, 15) is 5.11 Å². The van der Waals surface area contributed by atoms with Crippen LogP contribution in [0.25, 0.3) is 0 Å². The quantitative estimate of drug-likeness (QED) is 0.673. The van der Waals surface area contributed by atoms with Crippen LogP contribution in [0, 0.1) is 0 Å². The van der Waals surface area contributed by atoms with Gasteiger partial charge in [-0.2, -0.15) is 0 Å². The number of hydrogen-bond acceptors (Lipinski definition) is 3. The molecule has 0 aromatic carbocycles. The fraction of sp³-hybridized carbons (Fsp3) is 0.444. The second-order valence-electron chi connectivity index (χ2n) is 3.23. The minimum Gasteiger partial charge on any atom is -0.390 e. The third kappa shape index (κ3) is 1.21. The minimum atomic E-state index is -0.618. The molecule has 0 saturated heterocycles. The van der Waals surface area contributed by atoms with Crippen molar-refractivity contribution in [3.8, 4) is 0 Å². The van der Waals surface area contributed by atoms with E-state index >= 15 is 0 Å². The Labute approximate surface area is 70.7 Å². The minimum absolute atomic E-state index is 0.0656. The summed E-state index contributed by atoms with van der Waals surface area (Å²) in [7, 11) is 0. The van der Waals surface area contributed by atoms with E-state index in [0.29, 0.717) is 5.69 Å². The van der Waals surface area contributed by atoms with Crippen molar-refractivity contribution in [2.75, 3.05) is 0 Å². The van der Waals surface area contributed by atoms with Gasteiger partial charge in [0, 0.05) is 6.20 Å². The molecule has 0 unspecified atom stereocenters. The van der Waals surface area contributed by atoms with Crippen molar-refractivity contribution >= 4 is 0 Å². The lowest BCUT2D eigenvalue weighted by Gasteiger charge is -2.07. The highest BCUT2D eigenvalue weighted by Gasteiger charge is 2.42. The highest BCUT2D eigenvalue weighted by atomic mass is 16.3. The van der Waals surface area contributed by atoms with Gasteiger partial charge in [0.2, 0.25) is 0 Å². The molecule has 0 bridgehead atoms. The number of aromatic nitrogens is 1. The van der Waals surface area contributed by atoms with Crippen molar-refractivity contribution in [1.82, 2.24) is 4.98 Å². The van der Waals surface area contributed by atoms with Crippen LogP contribution < -0.4 is 0 Å². The van der Waals surface area contributed by atoms with Gasteiger partial charge in [0.1, 0.15) is 0 Å². The van der Waals surface area contributed by atoms with E-state index in [1.54, 1.807) is 18.3 Å². The normalized spacial score (nSPS) is 19.2. The number of hydrogen-bond donors (Lipinski definition) is 2. The molecule has 3 nitrogen and oxygen atoms in total. The molecule has 0 amide bonds. The van der Waals surface area contributed by atoms with Crippen molar-refractivity contribution in [3.63, 3.8) is 0 Å². The molecule has 2 N–H and O–H groups in total. The molecule has 3 heteroatoms. The molecule has 1 aliphatic carbocycles. The molecule has 1 aromatic rings. The third-order valence-corrected chi connectivity index (χ3v) is 2.24. The highest BCUT2D eigenvalue weighted by Crippen LogP contribution is 2.45. The Morgan fingerprint density at radius 1 is 1.50 bits per heavy atom. The Hall–Kier alpha value is -0.930. The van der Waals surface area contributed by atoms with Gasteiger partial charge in [0.15, 0.2) is 0 Å². The number of aliphatic hydroxyl groups is 2. The maximum absolute atomic E-state index is 9.71. The van der Waals surface area contributed by atoms with Crippen molar-refractivity contribution in [3.05, 3.63) is 29.6 Å². The maximum atomic E-state index is 9.71. The Balaban J connectivity index is 2.32. The molecule has 1 heterocycles. The van der Waals surface area contributed by atoms with Gasteiger partial charge in [-0.25, -0.2) is 0 Å². The van der Waals surface area contributed by atoms with Crippen LogP contribution in [0.2, 0.25) is 0 Å². The second kappa shape index (κ2) is 2.54. The van der Waals surface area contributed by atoms with Crippen LogP contribution in [0.4, 0.5) is 0 Å². The van der Waals surface area contributed by atoms with E-state index in [4.69, 9.17) is 5.11 Å². The first-order chi connectivity index (χ1) is 5.74. The molecule has 0 aliphatic heterocycles. The van der Waals surface area contributed by atoms with Crippen LogP contribution in [-0.4, -0.2) is 15.2 Å². The topological polar surface area (TPSA) is 53.4 Å². The van der Waals surface area contributed by atoms with Gasteiger partial charge >= 0.3 is 0 Å². The molecular weight excluding hydrogens is 154 g/mol. The number of nitrogens with zero attached hydrogens (tertiary/aromatic N) is 1. The molecule has 1 fully saturated rings. The predicted octanol–water partition coefficient (Wildman–Crippen LogP) is 0.555. The number of rotatable bonds is 2. The lowest BCUT2D eigenvalue weighted by molar-refractivity contribution is 0.151. The van der Waals surface area contributed by atoms with Crippen LogP contribution >= 0.6 is 0 Å². The van der Waals surface area contributed by atoms with Crippen LogP contribution in [-0.2, 0) is 12.2 Å². The van der Waals surface area contributed by atoms with Gasteiger partial charge in [-0.3, -0.25) is 4.98 Å². The fourth-order valence-corrected chi connectivity index (χ4v) is 1.26. The van der Waals surface area contributed by atoms with Crippen LogP contribution in [0.15, 0.2) is 18.3 Å². The maximum Gasteiger partial charge on any atom is 0.0900 e. The van der Waals surface area contributed by atoms with Gasteiger partial charge < -0.3 is 10.2 Å². The first-order valence-corrected chi connectivity index (χ1v) is 4.03. The Morgan fingerprint density at radius 3 is 2.83 bits per heavy atom. The summed E-state index contributed by atoms with van der Waals surface area (Å²) in [6.45, 7) is -0.0656. The summed E-state index contributed by atoms with van der Waals surface area (Å²) in [6.07, 6.45) is 3.26. The van der Waals surface area contributed by atoms with E-state index in [0.717, 1.165) is 18.4 Å². The van der Waals surface area contributed by atoms with Crippen LogP contribution in [0.3, 0.4) is 0 Å². The Morgan fingerprint density at radius 2 is 2.25 bits per heavy atom. The van der Waals surface area contributed by atoms with Crippen molar-refractivity contribution < 1.29 is 10.2 Å². The average Bonchev–Trinajstić information content (AvgIpc) is 2.85. The molecule has 1 aliphatic rings. The van der Waals surface area contributed by atoms with Crippen molar-refractivity contribution in [2.24, 2.45) is 0 Å². The molecule has 64 valence electrons. The summed E-state index contributed by atoms with van der Waals surface area (Å²) < 4.78 is 0. The van der Waals surface area contributed by atoms with E-state index in [1.165, 1.54) is 0 Å². The Kier molecular flexibility index (Phi) is 1.63. The van der Waals surface area contributed by atoms with Crippen molar-refractivity contribution in [2.45, 2.75) is 25.0 Å². The molecule has 1 aromatic heterocycles. The van der Waals surface area contributed by atoms with Gasteiger partial charge in [-0.1, -0.05) is 0 Å². The number of pyridine rings is 1. The zero-order chi connectivity index (χ0) is 8.60. The fourth-order valence-electron chi connectivity index (χ4n) is 1.26. The lowest BCUT2D eigenvalue weighted by Crippen LogP contribution is -2.05. The summed E-state index contributed by atoms with van der Waals surface area (Å²) >= 11 is 0. The molecular formula is C9H11NO2. The zero-order valence-electron chi connectivity index (χ0n) is 6.70. The largest absolute Gasteiger partial charge is 0.390 e. The standard InChI is InChI=1S/C9H11NO2/c11-6-8-5-7(1-4-10-8)9(12)2-3-9/h1,4-5,11-12H,2-3,6H2. The molecule has 1 saturated carbocycles. The van der Waals surface area contributed by atoms with Gasteiger partial charge in [-0.15, -0.1) is 0 Å². The average molecular weight is 165 g/mol. The predicted molar refractivity (Wildman–Crippen MR) is 43.3 cm³/mol. The van der Waals surface area contributed by atoms with E-state index in [-0.39, 0.29) is 6.61 Å². The first kappa shape index (κ1) is 7.71. The smallest absolute Gasteiger partial charge is 0.0900 e. The van der Waals surface area contributed by atoms with Gasteiger partial charge in [0.25, 0.3) is 0 Å².